The van der Waals surface area contributed by atoms with Crippen molar-refractivity contribution < 1.29 is 9.90 Å². The number of hydrogen-bond acceptors (Lipinski definition) is 7. The van der Waals surface area contributed by atoms with E-state index in [9.17, 15) is 4.79 Å². The van der Waals surface area contributed by atoms with Gasteiger partial charge in [-0.25, -0.2) is 14.8 Å². The third-order valence-electron chi connectivity index (χ3n) is 4.58. The van der Waals surface area contributed by atoms with Crippen LogP contribution in [0, 0.1) is 0 Å². The number of benzene rings is 1. The van der Waals surface area contributed by atoms with E-state index in [1.165, 1.54) is 0 Å². The van der Waals surface area contributed by atoms with Gasteiger partial charge in [-0.2, -0.15) is 4.98 Å². The molecule has 1 fully saturated rings. The molecule has 3 aromatic rings. The molecule has 28 heavy (non-hydrogen) atoms. The molecule has 8 nitrogen and oxygen atoms in total. The first kappa shape index (κ1) is 17.7. The molecule has 0 aliphatic carbocycles. The number of aromatic carboxylic acids is 1. The third kappa shape index (κ3) is 4.01. The number of carboxylic acid groups (broad SMARTS) is 1. The molecule has 8 heteroatoms. The maximum atomic E-state index is 11.0. The van der Waals surface area contributed by atoms with Crippen molar-refractivity contribution in [1.29, 1.82) is 0 Å². The fraction of sp³-hybridized carbons (Fsp3) is 0.200. The molecule has 3 heterocycles. The number of anilines is 4. The van der Waals surface area contributed by atoms with Crippen molar-refractivity contribution in [3.05, 3.63) is 66.5 Å². The molecule has 0 bridgehead atoms. The van der Waals surface area contributed by atoms with E-state index in [4.69, 9.17) is 5.11 Å². The molecule has 0 unspecified atom stereocenters. The largest absolute Gasteiger partial charge is 0.478 e. The van der Waals surface area contributed by atoms with Gasteiger partial charge in [-0.15, -0.1) is 0 Å². The zero-order valence-electron chi connectivity index (χ0n) is 15.2. The Morgan fingerprint density at radius 3 is 2.32 bits per heavy atom. The molecule has 142 valence electrons. The number of pyridine rings is 1. The molecule has 1 saturated heterocycles. The summed E-state index contributed by atoms with van der Waals surface area (Å²) >= 11 is 0. The van der Waals surface area contributed by atoms with E-state index in [1.54, 1.807) is 36.5 Å². The topological polar surface area (TPSA) is 94.5 Å². The van der Waals surface area contributed by atoms with Crippen LogP contribution in [0.2, 0.25) is 0 Å². The first-order chi connectivity index (χ1) is 13.7. The Morgan fingerprint density at radius 2 is 1.64 bits per heavy atom. The van der Waals surface area contributed by atoms with Crippen molar-refractivity contribution in [2.24, 2.45) is 0 Å². The van der Waals surface area contributed by atoms with E-state index in [1.807, 2.05) is 24.4 Å². The zero-order chi connectivity index (χ0) is 19.3. The number of hydrogen-bond donors (Lipinski definition) is 2. The molecule has 4 rings (SSSR count). The van der Waals surface area contributed by atoms with Crippen molar-refractivity contribution in [3.63, 3.8) is 0 Å². The summed E-state index contributed by atoms with van der Waals surface area (Å²) in [7, 11) is 0. The smallest absolute Gasteiger partial charge is 0.335 e. The lowest BCUT2D eigenvalue weighted by atomic mass is 10.2. The minimum Gasteiger partial charge on any atom is -0.478 e. The van der Waals surface area contributed by atoms with Gasteiger partial charge >= 0.3 is 5.97 Å². The maximum Gasteiger partial charge on any atom is 0.335 e. The number of nitrogens with zero attached hydrogens (tertiary/aromatic N) is 5. The second-order valence-corrected chi connectivity index (χ2v) is 6.41. The Labute approximate surface area is 162 Å². The fourth-order valence-corrected chi connectivity index (χ4v) is 3.09. The lowest BCUT2D eigenvalue weighted by Crippen LogP contribution is -2.47. The molecular weight excluding hydrogens is 356 g/mol. The van der Waals surface area contributed by atoms with Gasteiger partial charge in [-0.05, 0) is 42.5 Å². The molecule has 1 aliphatic rings. The predicted octanol–water partition coefficient (Wildman–Crippen LogP) is 2.64. The summed E-state index contributed by atoms with van der Waals surface area (Å²) < 4.78 is 0. The molecule has 1 aliphatic heterocycles. The number of rotatable bonds is 5. The summed E-state index contributed by atoms with van der Waals surface area (Å²) in [4.78, 5) is 28.8. The first-order valence-corrected chi connectivity index (χ1v) is 9.03. The Kier molecular flexibility index (Phi) is 5.01. The van der Waals surface area contributed by atoms with Crippen LogP contribution in [0.1, 0.15) is 10.4 Å². The Morgan fingerprint density at radius 1 is 0.893 bits per heavy atom. The van der Waals surface area contributed by atoms with Crippen LogP contribution >= 0.6 is 0 Å². The van der Waals surface area contributed by atoms with Gasteiger partial charge in [0.1, 0.15) is 11.6 Å². The second-order valence-electron chi connectivity index (χ2n) is 6.41. The summed E-state index contributed by atoms with van der Waals surface area (Å²) in [5, 5.41) is 12.2. The molecule has 2 N–H and O–H groups in total. The van der Waals surface area contributed by atoms with Crippen molar-refractivity contribution >= 4 is 29.2 Å². The van der Waals surface area contributed by atoms with Crippen LogP contribution in [-0.4, -0.2) is 52.2 Å². The van der Waals surface area contributed by atoms with Gasteiger partial charge < -0.3 is 20.2 Å². The van der Waals surface area contributed by atoms with Crippen molar-refractivity contribution in [3.8, 4) is 0 Å². The van der Waals surface area contributed by atoms with E-state index in [2.05, 4.69) is 30.1 Å². The van der Waals surface area contributed by atoms with Crippen LogP contribution in [-0.2, 0) is 0 Å². The lowest BCUT2D eigenvalue weighted by molar-refractivity contribution is 0.0697. The molecule has 0 atom stereocenters. The van der Waals surface area contributed by atoms with Gasteiger partial charge in [0, 0.05) is 44.3 Å². The van der Waals surface area contributed by atoms with Gasteiger partial charge in [0.05, 0.1) is 5.56 Å². The number of nitrogens with one attached hydrogen (secondary N) is 1. The Hall–Kier alpha value is -3.68. The van der Waals surface area contributed by atoms with Crippen LogP contribution < -0.4 is 15.1 Å². The molecule has 2 aromatic heterocycles. The fourth-order valence-electron chi connectivity index (χ4n) is 3.09. The summed E-state index contributed by atoms with van der Waals surface area (Å²) in [6.45, 7) is 3.34. The SMILES string of the molecule is O=C(O)c1ccc(Nc2ccnc(N3CCN(c4ccccn4)CC3)n2)cc1. The van der Waals surface area contributed by atoms with E-state index in [-0.39, 0.29) is 5.56 Å². The average Bonchev–Trinajstić information content (AvgIpc) is 2.75. The van der Waals surface area contributed by atoms with Gasteiger partial charge in [0.25, 0.3) is 0 Å². The molecule has 0 saturated carbocycles. The monoisotopic (exact) mass is 376 g/mol. The number of aromatic nitrogens is 3. The summed E-state index contributed by atoms with van der Waals surface area (Å²) in [5.41, 5.74) is 1.02. The van der Waals surface area contributed by atoms with Crippen molar-refractivity contribution in [1.82, 2.24) is 15.0 Å². The predicted molar refractivity (Wildman–Crippen MR) is 107 cm³/mol. The molecular formula is C20H20N6O2. The zero-order valence-corrected chi connectivity index (χ0v) is 15.2. The highest BCUT2D eigenvalue weighted by molar-refractivity contribution is 5.88. The van der Waals surface area contributed by atoms with E-state index in [0.29, 0.717) is 11.8 Å². The summed E-state index contributed by atoms with van der Waals surface area (Å²) in [5.74, 6) is 1.39. The van der Waals surface area contributed by atoms with E-state index < -0.39 is 5.97 Å². The minimum atomic E-state index is -0.944. The average molecular weight is 376 g/mol. The quantitative estimate of drug-likeness (QED) is 0.702. The Balaban J connectivity index is 1.41. The van der Waals surface area contributed by atoms with E-state index in [0.717, 1.165) is 37.7 Å². The summed E-state index contributed by atoms with van der Waals surface area (Å²) in [6, 6.07) is 14.3. The normalized spacial score (nSPS) is 14.0. The maximum absolute atomic E-state index is 11.0. The van der Waals surface area contributed by atoms with E-state index >= 15 is 0 Å². The highest BCUT2D eigenvalue weighted by atomic mass is 16.4. The molecule has 0 amide bonds. The Bertz CT molecular complexity index is 940. The standard InChI is InChI=1S/C20H20N6O2/c27-19(28)15-4-6-16(7-5-15)23-17-8-10-22-20(24-17)26-13-11-25(12-14-26)18-3-1-2-9-21-18/h1-10H,11-14H2,(H,27,28)(H,22,23,24). The van der Waals surface area contributed by atoms with Gasteiger partial charge in [0.15, 0.2) is 0 Å². The van der Waals surface area contributed by atoms with Crippen LogP contribution in [0.4, 0.5) is 23.3 Å². The summed E-state index contributed by atoms with van der Waals surface area (Å²) in [6.07, 6.45) is 3.53. The van der Waals surface area contributed by atoms with Gasteiger partial charge in [-0.3, -0.25) is 0 Å². The van der Waals surface area contributed by atoms with Crippen molar-refractivity contribution in [2.45, 2.75) is 0 Å². The van der Waals surface area contributed by atoms with Crippen LogP contribution in [0.25, 0.3) is 0 Å². The number of carboxylic acids is 1. The number of piperazine rings is 1. The second kappa shape index (κ2) is 7.91. The third-order valence-corrected chi connectivity index (χ3v) is 4.58. The lowest BCUT2D eigenvalue weighted by Gasteiger charge is -2.35. The highest BCUT2D eigenvalue weighted by Gasteiger charge is 2.20. The van der Waals surface area contributed by atoms with Gasteiger partial charge in [-0.1, -0.05) is 6.07 Å². The van der Waals surface area contributed by atoms with Crippen LogP contribution in [0.5, 0.6) is 0 Å². The van der Waals surface area contributed by atoms with Crippen molar-refractivity contribution in [2.75, 3.05) is 41.3 Å². The molecule has 1 aromatic carbocycles. The highest BCUT2D eigenvalue weighted by Crippen LogP contribution is 2.19. The minimum absolute atomic E-state index is 0.250. The number of carbonyl (C=O) groups is 1. The van der Waals surface area contributed by atoms with Crippen LogP contribution in [0.15, 0.2) is 60.9 Å². The molecule has 0 radical (unpaired) electrons. The van der Waals surface area contributed by atoms with Crippen LogP contribution in [0.3, 0.4) is 0 Å². The molecule has 0 spiro atoms. The van der Waals surface area contributed by atoms with Gasteiger partial charge in [0.2, 0.25) is 5.95 Å². The first-order valence-electron chi connectivity index (χ1n) is 9.03.